The maximum atomic E-state index is 11.6. The zero-order valence-corrected chi connectivity index (χ0v) is 18.8. The van der Waals surface area contributed by atoms with Gasteiger partial charge in [0.05, 0.1) is 29.9 Å². The number of rotatable bonds is 5. The first kappa shape index (κ1) is 22.0. The summed E-state index contributed by atoms with van der Waals surface area (Å²) in [6.45, 7) is 3.12. The van der Waals surface area contributed by atoms with Crippen molar-refractivity contribution in [3.8, 4) is 5.69 Å². The topological polar surface area (TPSA) is 88.4 Å². The highest BCUT2D eigenvalue weighted by Crippen LogP contribution is 2.14. The fourth-order valence-corrected chi connectivity index (χ4v) is 4.57. The molecule has 2 heterocycles. The third-order valence-electron chi connectivity index (χ3n) is 4.06. The molecule has 3 rings (SSSR count). The number of aliphatic imine (C=N–C) groups is 1. The summed E-state index contributed by atoms with van der Waals surface area (Å²) in [6, 6.07) is 7.34. The lowest BCUT2D eigenvalue weighted by molar-refractivity contribution is 0.599. The third-order valence-corrected chi connectivity index (χ3v) is 6.08. The fraction of sp³-hybridized carbons (Fsp3) is 0.412. The number of sulfone groups is 1. The van der Waals surface area contributed by atoms with Crippen LogP contribution in [0.4, 0.5) is 0 Å². The van der Waals surface area contributed by atoms with Crippen LogP contribution >= 0.6 is 35.6 Å². The molecule has 1 aliphatic heterocycles. The van der Waals surface area contributed by atoms with Gasteiger partial charge < -0.3 is 10.6 Å². The van der Waals surface area contributed by atoms with E-state index in [4.69, 9.17) is 11.6 Å². The Bertz CT molecular complexity index is 883. The maximum Gasteiger partial charge on any atom is 0.191 e. The molecule has 27 heavy (non-hydrogen) atoms. The zero-order chi connectivity index (χ0) is 18.6. The second-order valence-electron chi connectivity index (χ2n) is 6.21. The standard InChI is InChI=1S/C17H22ClN5O2S.HI/c1-2-19-17(22-15-7-8-26(24,25)12-15)20-9-13-10-21-23(11-13)16-5-3-14(18)4-6-16;/h3-6,10-11,15H,2,7-9,12H2,1H3,(H2,19,20,22);1H. The van der Waals surface area contributed by atoms with Gasteiger partial charge in [-0.2, -0.15) is 5.10 Å². The molecule has 1 aromatic heterocycles. The molecule has 2 aromatic rings. The van der Waals surface area contributed by atoms with Gasteiger partial charge in [-0.1, -0.05) is 11.6 Å². The van der Waals surface area contributed by atoms with Crippen molar-refractivity contribution in [1.82, 2.24) is 20.4 Å². The normalized spacial score (nSPS) is 18.7. The van der Waals surface area contributed by atoms with Crippen molar-refractivity contribution in [3.05, 3.63) is 47.2 Å². The van der Waals surface area contributed by atoms with Crippen LogP contribution in [0.15, 0.2) is 41.7 Å². The molecule has 1 saturated heterocycles. The molecule has 0 amide bonds. The number of guanidine groups is 1. The third kappa shape index (κ3) is 6.35. The Hall–Kier alpha value is -1.33. The molecule has 7 nitrogen and oxygen atoms in total. The number of nitrogens with one attached hydrogen (secondary N) is 2. The van der Waals surface area contributed by atoms with Gasteiger partial charge in [0.2, 0.25) is 0 Å². The van der Waals surface area contributed by atoms with E-state index < -0.39 is 9.84 Å². The minimum Gasteiger partial charge on any atom is -0.357 e. The molecule has 1 fully saturated rings. The molecule has 0 aliphatic carbocycles. The summed E-state index contributed by atoms with van der Waals surface area (Å²) in [5, 5.41) is 11.4. The summed E-state index contributed by atoms with van der Waals surface area (Å²) in [5.74, 6) is 1.01. The molecule has 0 bridgehead atoms. The average molecular weight is 524 g/mol. The molecule has 1 aromatic carbocycles. The molecule has 0 saturated carbocycles. The van der Waals surface area contributed by atoms with Gasteiger partial charge in [0.15, 0.2) is 15.8 Å². The first-order valence-corrected chi connectivity index (χ1v) is 10.7. The van der Waals surface area contributed by atoms with Crippen molar-refractivity contribution >= 4 is 51.4 Å². The second-order valence-corrected chi connectivity index (χ2v) is 8.87. The monoisotopic (exact) mass is 523 g/mol. The predicted octanol–water partition coefficient (Wildman–Crippen LogP) is 2.39. The summed E-state index contributed by atoms with van der Waals surface area (Å²) in [4.78, 5) is 4.54. The van der Waals surface area contributed by atoms with E-state index in [1.807, 2.05) is 37.4 Å². The van der Waals surface area contributed by atoms with Crippen LogP contribution in [0.1, 0.15) is 18.9 Å². The molecule has 10 heteroatoms. The largest absolute Gasteiger partial charge is 0.357 e. The van der Waals surface area contributed by atoms with Crippen molar-refractivity contribution in [2.24, 2.45) is 4.99 Å². The molecular formula is C17H23ClIN5O2S. The highest BCUT2D eigenvalue weighted by atomic mass is 127. The van der Waals surface area contributed by atoms with Gasteiger partial charge in [0.1, 0.15) is 0 Å². The SMILES string of the molecule is CCNC(=NCc1cnn(-c2ccc(Cl)cc2)c1)NC1CCS(=O)(=O)C1.I. The predicted molar refractivity (Wildman–Crippen MR) is 119 cm³/mol. The van der Waals surface area contributed by atoms with E-state index in [1.54, 1.807) is 10.9 Å². The summed E-state index contributed by atoms with van der Waals surface area (Å²) in [6.07, 6.45) is 4.29. The van der Waals surface area contributed by atoms with Crippen LogP contribution in [0.5, 0.6) is 0 Å². The summed E-state index contributed by atoms with van der Waals surface area (Å²) >= 11 is 5.91. The van der Waals surface area contributed by atoms with Gasteiger partial charge in [0, 0.05) is 29.4 Å². The van der Waals surface area contributed by atoms with Crippen molar-refractivity contribution in [3.63, 3.8) is 0 Å². The first-order chi connectivity index (χ1) is 12.4. The number of nitrogens with zero attached hydrogens (tertiary/aromatic N) is 3. The van der Waals surface area contributed by atoms with Gasteiger partial charge in [-0.15, -0.1) is 24.0 Å². The van der Waals surface area contributed by atoms with E-state index in [-0.39, 0.29) is 41.5 Å². The van der Waals surface area contributed by atoms with Crippen LogP contribution in [0.3, 0.4) is 0 Å². The molecule has 1 unspecified atom stereocenters. The molecule has 1 aliphatic rings. The van der Waals surface area contributed by atoms with Gasteiger partial charge in [0.25, 0.3) is 0 Å². The fourth-order valence-electron chi connectivity index (χ4n) is 2.77. The molecule has 2 N–H and O–H groups in total. The summed E-state index contributed by atoms with van der Waals surface area (Å²) in [5.41, 5.74) is 1.88. The van der Waals surface area contributed by atoms with E-state index >= 15 is 0 Å². The smallest absolute Gasteiger partial charge is 0.191 e. The van der Waals surface area contributed by atoms with Crippen LogP contribution < -0.4 is 10.6 Å². The number of aromatic nitrogens is 2. The minimum absolute atomic E-state index is 0. The van der Waals surface area contributed by atoms with Crippen LogP contribution in [0.25, 0.3) is 5.69 Å². The van der Waals surface area contributed by atoms with Crippen LogP contribution in [-0.4, -0.2) is 48.3 Å². The van der Waals surface area contributed by atoms with Gasteiger partial charge in [-0.3, -0.25) is 0 Å². The molecule has 0 radical (unpaired) electrons. The average Bonchev–Trinajstić information content (AvgIpc) is 3.20. The van der Waals surface area contributed by atoms with Crippen molar-refractivity contribution in [2.45, 2.75) is 25.9 Å². The highest BCUT2D eigenvalue weighted by Gasteiger charge is 2.28. The van der Waals surface area contributed by atoms with Crippen molar-refractivity contribution < 1.29 is 8.42 Å². The van der Waals surface area contributed by atoms with Crippen molar-refractivity contribution in [1.29, 1.82) is 0 Å². The lowest BCUT2D eigenvalue weighted by atomic mass is 10.3. The number of hydrogen-bond donors (Lipinski definition) is 2. The quantitative estimate of drug-likeness (QED) is 0.357. The highest BCUT2D eigenvalue weighted by molar-refractivity contribution is 14.0. The lowest BCUT2D eigenvalue weighted by Gasteiger charge is -2.15. The molecular weight excluding hydrogens is 501 g/mol. The van der Waals surface area contributed by atoms with E-state index in [1.165, 1.54) is 0 Å². The molecule has 148 valence electrons. The number of benzene rings is 1. The Balaban J connectivity index is 0.00000261. The van der Waals surface area contributed by atoms with Crippen LogP contribution in [0, 0.1) is 0 Å². The number of halogens is 2. The molecule has 0 spiro atoms. The Morgan fingerprint density at radius 1 is 1.37 bits per heavy atom. The van der Waals surface area contributed by atoms with E-state index in [0.717, 1.165) is 11.3 Å². The Morgan fingerprint density at radius 3 is 2.74 bits per heavy atom. The Kier molecular flexibility index (Phi) is 7.92. The first-order valence-electron chi connectivity index (χ1n) is 8.50. The minimum atomic E-state index is -2.92. The summed E-state index contributed by atoms with van der Waals surface area (Å²) in [7, 11) is -2.92. The Morgan fingerprint density at radius 2 is 2.11 bits per heavy atom. The maximum absolute atomic E-state index is 11.6. The van der Waals surface area contributed by atoms with E-state index in [0.29, 0.717) is 30.5 Å². The summed E-state index contributed by atoms with van der Waals surface area (Å²) < 4.78 is 25.0. The lowest BCUT2D eigenvalue weighted by Crippen LogP contribution is -2.44. The zero-order valence-electron chi connectivity index (χ0n) is 14.9. The van der Waals surface area contributed by atoms with Crippen LogP contribution in [-0.2, 0) is 16.4 Å². The van der Waals surface area contributed by atoms with Crippen molar-refractivity contribution in [2.75, 3.05) is 18.1 Å². The van der Waals surface area contributed by atoms with Gasteiger partial charge in [-0.25, -0.2) is 18.1 Å². The van der Waals surface area contributed by atoms with Crippen LogP contribution in [0.2, 0.25) is 5.02 Å². The van der Waals surface area contributed by atoms with Gasteiger partial charge in [-0.05, 0) is 37.6 Å². The molecule has 1 atom stereocenters. The number of hydrogen-bond acceptors (Lipinski definition) is 4. The second kappa shape index (κ2) is 9.74. The van der Waals surface area contributed by atoms with Gasteiger partial charge >= 0.3 is 0 Å². The van der Waals surface area contributed by atoms with E-state index in [9.17, 15) is 8.42 Å². The van der Waals surface area contributed by atoms with E-state index in [2.05, 4.69) is 20.7 Å². The Labute approximate surface area is 181 Å².